The molecule has 0 saturated carbocycles. The van der Waals surface area contributed by atoms with Crippen molar-refractivity contribution in [2.24, 2.45) is 0 Å². The number of nitrogens with zero attached hydrogens (tertiary/aromatic N) is 1. The zero-order valence-electron chi connectivity index (χ0n) is 14.0. The minimum atomic E-state index is -0.0549. The molecule has 2 atom stereocenters. The van der Waals surface area contributed by atoms with E-state index >= 15 is 0 Å². The van der Waals surface area contributed by atoms with Gasteiger partial charge in [-0.2, -0.15) is 0 Å². The van der Waals surface area contributed by atoms with Crippen molar-refractivity contribution in [1.29, 1.82) is 0 Å². The van der Waals surface area contributed by atoms with Gasteiger partial charge in [0, 0.05) is 18.7 Å². The normalized spacial score (nSPS) is 20.8. The van der Waals surface area contributed by atoms with E-state index in [1.165, 1.54) is 0 Å². The molecule has 4 nitrogen and oxygen atoms in total. The summed E-state index contributed by atoms with van der Waals surface area (Å²) in [6.07, 6.45) is 1.13. The molecular weight excluding hydrogens is 300 g/mol. The zero-order valence-corrected chi connectivity index (χ0v) is 14.0. The van der Waals surface area contributed by atoms with Crippen LogP contribution in [-0.4, -0.2) is 30.0 Å². The number of ether oxygens (including phenoxy) is 1. The summed E-state index contributed by atoms with van der Waals surface area (Å²) in [5, 5.41) is 0. The highest BCUT2D eigenvalue weighted by atomic mass is 16.5. The molecule has 1 aliphatic rings. The molecule has 1 fully saturated rings. The first-order valence-electron chi connectivity index (χ1n) is 8.45. The first-order chi connectivity index (χ1) is 11.6. The summed E-state index contributed by atoms with van der Waals surface area (Å²) < 4.78 is 6.02. The maximum Gasteiger partial charge on any atom is 0.223 e. The number of morpholine rings is 1. The second-order valence-corrected chi connectivity index (χ2v) is 6.34. The van der Waals surface area contributed by atoms with Gasteiger partial charge in [0.25, 0.3) is 0 Å². The van der Waals surface area contributed by atoms with Gasteiger partial charge in [-0.05, 0) is 30.5 Å². The highest BCUT2D eigenvalue weighted by Crippen LogP contribution is 2.25. The molecule has 0 spiro atoms. The Labute approximate surface area is 143 Å². The topological polar surface area (TPSA) is 55.6 Å². The van der Waals surface area contributed by atoms with Gasteiger partial charge in [-0.25, -0.2) is 0 Å². The number of aryl methyl sites for hydroxylation is 1. The molecule has 1 amide bonds. The van der Waals surface area contributed by atoms with E-state index in [9.17, 15) is 4.79 Å². The van der Waals surface area contributed by atoms with Gasteiger partial charge < -0.3 is 15.4 Å². The molecule has 1 heterocycles. The van der Waals surface area contributed by atoms with Gasteiger partial charge in [-0.15, -0.1) is 0 Å². The molecule has 126 valence electrons. The van der Waals surface area contributed by atoms with Crippen molar-refractivity contribution < 1.29 is 9.53 Å². The number of hydrogen-bond acceptors (Lipinski definition) is 3. The van der Waals surface area contributed by atoms with Crippen LogP contribution in [0.1, 0.15) is 30.6 Å². The average molecular weight is 324 g/mol. The van der Waals surface area contributed by atoms with E-state index in [-0.39, 0.29) is 18.1 Å². The fraction of sp³-hybridized carbons (Fsp3) is 0.350. The smallest absolute Gasteiger partial charge is 0.223 e. The summed E-state index contributed by atoms with van der Waals surface area (Å²) in [5.41, 5.74) is 8.87. The van der Waals surface area contributed by atoms with E-state index in [4.69, 9.17) is 10.5 Å². The summed E-state index contributed by atoms with van der Waals surface area (Å²) in [4.78, 5) is 14.6. The van der Waals surface area contributed by atoms with Crippen molar-refractivity contribution in [3.63, 3.8) is 0 Å². The lowest BCUT2D eigenvalue weighted by Gasteiger charge is -2.37. The monoisotopic (exact) mass is 324 g/mol. The van der Waals surface area contributed by atoms with E-state index in [2.05, 4.69) is 12.1 Å². The molecule has 0 aromatic heterocycles. The minimum absolute atomic E-state index is 0.0368. The zero-order chi connectivity index (χ0) is 16.9. The van der Waals surface area contributed by atoms with Gasteiger partial charge in [0.05, 0.1) is 12.6 Å². The van der Waals surface area contributed by atoms with Crippen molar-refractivity contribution >= 4 is 11.6 Å². The first-order valence-corrected chi connectivity index (χ1v) is 8.45. The number of anilines is 1. The second kappa shape index (κ2) is 7.49. The molecule has 1 aliphatic heterocycles. The molecule has 2 aromatic rings. The Bertz CT molecular complexity index is 687. The van der Waals surface area contributed by atoms with Crippen molar-refractivity contribution in [2.75, 3.05) is 18.8 Å². The van der Waals surface area contributed by atoms with Gasteiger partial charge in [-0.1, -0.05) is 48.5 Å². The minimum Gasteiger partial charge on any atom is -0.399 e. The van der Waals surface area contributed by atoms with Crippen LogP contribution < -0.4 is 5.73 Å². The van der Waals surface area contributed by atoms with Crippen LogP contribution in [0.3, 0.4) is 0 Å². The molecule has 0 bridgehead atoms. The van der Waals surface area contributed by atoms with Crippen LogP contribution in [0.2, 0.25) is 0 Å². The van der Waals surface area contributed by atoms with Crippen molar-refractivity contribution in [3.05, 3.63) is 65.7 Å². The van der Waals surface area contributed by atoms with E-state index in [0.29, 0.717) is 25.9 Å². The quantitative estimate of drug-likeness (QED) is 0.879. The van der Waals surface area contributed by atoms with E-state index in [0.717, 1.165) is 16.8 Å². The van der Waals surface area contributed by atoms with Crippen LogP contribution in [0.4, 0.5) is 5.69 Å². The SMILES string of the molecule is CC1CN(C(=O)CCc2ccccc2N)CC(c2ccccc2)O1. The van der Waals surface area contributed by atoms with Crippen LogP contribution >= 0.6 is 0 Å². The largest absolute Gasteiger partial charge is 0.399 e. The third-order valence-electron chi connectivity index (χ3n) is 4.45. The van der Waals surface area contributed by atoms with Crippen molar-refractivity contribution in [1.82, 2.24) is 4.90 Å². The van der Waals surface area contributed by atoms with E-state index < -0.39 is 0 Å². The van der Waals surface area contributed by atoms with Gasteiger partial charge >= 0.3 is 0 Å². The Kier molecular flexibility index (Phi) is 5.16. The van der Waals surface area contributed by atoms with Gasteiger partial charge in [-0.3, -0.25) is 4.79 Å². The Morgan fingerprint density at radius 1 is 1.12 bits per heavy atom. The predicted octanol–water partition coefficient (Wildman–Crippen LogP) is 3.19. The fourth-order valence-electron chi connectivity index (χ4n) is 3.17. The average Bonchev–Trinajstić information content (AvgIpc) is 2.61. The van der Waals surface area contributed by atoms with Gasteiger partial charge in [0.15, 0.2) is 0 Å². The van der Waals surface area contributed by atoms with Crippen LogP contribution in [0.15, 0.2) is 54.6 Å². The summed E-state index contributed by atoms with van der Waals surface area (Å²) in [6.45, 7) is 3.27. The molecule has 2 unspecified atom stereocenters. The maximum absolute atomic E-state index is 12.6. The summed E-state index contributed by atoms with van der Waals surface area (Å²) in [7, 11) is 0. The molecule has 2 aromatic carbocycles. The number of amides is 1. The summed E-state index contributed by atoms with van der Waals surface area (Å²) in [6, 6.07) is 17.8. The Hall–Kier alpha value is -2.33. The predicted molar refractivity (Wildman–Crippen MR) is 95.5 cm³/mol. The van der Waals surface area contributed by atoms with E-state index in [1.807, 2.05) is 54.3 Å². The number of nitrogen functional groups attached to an aromatic ring is 1. The number of nitrogens with two attached hydrogens (primary N) is 1. The van der Waals surface area contributed by atoms with Gasteiger partial charge in [0.1, 0.15) is 6.10 Å². The van der Waals surface area contributed by atoms with Crippen LogP contribution in [-0.2, 0) is 16.0 Å². The number of carbonyl (C=O) groups excluding carboxylic acids is 1. The highest BCUT2D eigenvalue weighted by Gasteiger charge is 2.29. The molecule has 4 heteroatoms. The Balaban J connectivity index is 1.63. The number of rotatable bonds is 4. The van der Waals surface area contributed by atoms with Crippen LogP contribution in [0, 0.1) is 0 Å². The molecule has 3 rings (SSSR count). The molecule has 0 radical (unpaired) electrons. The van der Waals surface area contributed by atoms with E-state index in [1.54, 1.807) is 0 Å². The molecular formula is C20H24N2O2. The third kappa shape index (κ3) is 3.95. The summed E-state index contributed by atoms with van der Waals surface area (Å²) >= 11 is 0. The third-order valence-corrected chi connectivity index (χ3v) is 4.45. The second-order valence-electron chi connectivity index (χ2n) is 6.34. The van der Waals surface area contributed by atoms with Crippen molar-refractivity contribution in [3.8, 4) is 0 Å². The lowest BCUT2D eigenvalue weighted by molar-refractivity contribution is -0.144. The number of carbonyl (C=O) groups is 1. The van der Waals surface area contributed by atoms with Crippen molar-refractivity contribution in [2.45, 2.75) is 32.0 Å². The first kappa shape index (κ1) is 16.5. The molecule has 1 saturated heterocycles. The maximum atomic E-state index is 12.6. The van der Waals surface area contributed by atoms with Crippen LogP contribution in [0.25, 0.3) is 0 Å². The number of benzene rings is 2. The highest BCUT2D eigenvalue weighted by molar-refractivity contribution is 5.77. The lowest BCUT2D eigenvalue weighted by atomic mass is 10.0. The van der Waals surface area contributed by atoms with Gasteiger partial charge in [0.2, 0.25) is 5.91 Å². The Morgan fingerprint density at radius 3 is 2.58 bits per heavy atom. The number of hydrogen-bond donors (Lipinski definition) is 1. The Morgan fingerprint density at radius 2 is 1.83 bits per heavy atom. The molecule has 2 N–H and O–H groups in total. The lowest BCUT2D eigenvalue weighted by Crippen LogP contribution is -2.46. The number of para-hydroxylation sites is 1. The standard InChI is InChI=1S/C20H24N2O2/c1-15-13-22(14-19(24-15)17-8-3-2-4-9-17)20(23)12-11-16-7-5-6-10-18(16)21/h2-10,15,19H,11-14,21H2,1H3. The molecule has 0 aliphatic carbocycles. The fourth-order valence-corrected chi connectivity index (χ4v) is 3.17. The molecule has 24 heavy (non-hydrogen) atoms. The summed E-state index contributed by atoms with van der Waals surface area (Å²) in [5.74, 6) is 0.161. The van der Waals surface area contributed by atoms with Crippen LogP contribution in [0.5, 0.6) is 0 Å².